The third-order valence-corrected chi connectivity index (χ3v) is 5.07. The van der Waals surface area contributed by atoms with Gasteiger partial charge in [0.15, 0.2) is 5.96 Å². The first kappa shape index (κ1) is 22.3. The van der Waals surface area contributed by atoms with E-state index in [1.165, 1.54) is 11.3 Å². The Hall–Kier alpha value is -3.35. The fourth-order valence-electron chi connectivity index (χ4n) is 3.39. The molecule has 2 N–H and O–H groups in total. The molecule has 0 saturated carbocycles. The van der Waals surface area contributed by atoms with Gasteiger partial charge in [-0.25, -0.2) is 15.0 Å². The highest BCUT2D eigenvalue weighted by atomic mass is 15.2. The van der Waals surface area contributed by atoms with E-state index in [1.807, 2.05) is 30.0 Å². The Morgan fingerprint density at radius 2 is 1.97 bits per heavy atom. The van der Waals surface area contributed by atoms with Gasteiger partial charge in [0.2, 0.25) is 0 Å². The van der Waals surface area contributed by atoms with Gasteiger partial charge in [-0.05, 0) is 57.0 Å². The Balaban J connectivity index is 1.56. The molecule has 0 radical (unpaired) electrons. The van der Waals surface area contributed by atoms with Gasteiger partial charge in [-0.15, -0.1) is 0 Å². The summed E-state index contributed by atoms with van der Waals surface area (Å²) in [7, 11) is 0. The van der Waals surface area contributed by atoms with Crippen LogP contribution in [0.5, 0.6) is 0 Å². The number of pyridine rings is 1. The van der Waals surface area contributed by atoms with Crippen LogP contribution in [0.4, 0.5) is 5.69 Å². The molecular formula is C24H33N7. The molecule has 0 bridgehead atoms. The maximum absolute atomic E-state index is 4.72. The van der Waals surface area contributed by atoms with E-state index >= 15 is 0 Å². The van der Waals surface area contributed by atoms with Gasteiger partial charge >= 0.3 is 0 Å². The number of hydrogen-bond acceptors (Lipinski definition) is 4. The number of anilines is 1. The van der Waals surface area contributed by atoms with Crippen LogP contribution in [-0.4, -0.2) is 46.7 Å². The van der Waals surface area contributed by atoms with Crippen molar-refractivity contribution in [3.8, 4) is 5.82 Å². The van der Waals surface area contributed by atoms with Gasteiger partial charge in [0.1, 0.15) is 11.6 Å². The summed E-state index contributed by atoms with van der Waals surface area (Å²) in [6, 6.07) is 12.7. The van der Waals surface area contributed by atoms with Crippen molar-refractivity contribution in [1.29, 1.82) is 0 Å². The third kappa shape index (κ3) is 6.31. The van der Waals surface area contributed by atoms with Crippen LogP contribution in [0.3, 0.4) is 0 Å². The fraction of sp³-hybridized carbons (Fsp3) is 0.375. The number of rotatable bonds is 9. The minimum absolute atomic E-state index is 0.570. The molecule has 7 heteroatoms. The first-order valence-corrected chi connectivity index (χ1v) is 10.9. The van der Waals surface area contributed by atoms with Crippen LogP contribution in [0.2, 0.25) is 0 Å². The van der Waals surface area contributed by atoms with Gasteiger partial charge in [0, 0.05) is 50.5 Å². The standard InChI is InChI=1S/C24H33N7/c1-5-25-24(27-12-14-30(6-2)22-9-7-8-19(3)16-22)29-18-21-10-11-23(28-17-21)31-15-13-26-20(31)4/h7-11,13,15-17H,5-6,12,14,18H2,1-4H3,(H2,25,27,29). The lowest BCUT2D eigenvalue weighted by atomic mass is 10.2. The summed E-state index contributed by atoms with van der Waals surface area (Å²) in [4.78, 5) is 15.9. The summed E-state index contributed by atoms with van der Waals surface area (Å²) in [5.74, 6) is 2.60. The molecule has 0 saturated heterocycles. The molecule has 3 aromatic rings. The number of nitrogens with zero attached hydrogens (tertiary/aromatic N) is 5. The highest BCUT2D eigenvalue weighted by Gasteiger charge is 2.06. The molecule has 0 aliphatic heterocycles. The number of aromatic nitrogens is 3. The highest BCUT2D eigenvalue weighted by Crippen LogP contribution is 2.15. The zero-order valence-corrected chi connectivity index (χ0v) is 19.0. The Labute approximate surface area is 185 Å². The van der Waals surface area contributed by atoms with E-state index in [9.17, 15) is 0 Å². The smallest absolute Gasteiger partial charge is 0.191 e. The zero-order chi connectivity index (χ0) is 22.1. The van der Waals surface area contributed by atoms with Crippen LogP contribution in [0.25, 0.3) is 5.82 Å². The number of guanidine groups is 1. The molecule has 2 heterocycles. The Morgan fingerprint density at radius 3 is 2.61 bits per heavy atom. The van der Waals surface area contributed by atoms with Crippen molar-refractivity contribution >= 4 is 11.6 Å². The lowest BCUT2D eigenvalue weighted by molar-refractivity contribution is 0.751. The minimum Gasteiger partial charge on any atom is -0.370 e. The van der Waals surface area contributed by atoms with Crippen LogP contribution in [0, 0.1) is 13.8 Å². The van der Waals surface area contributed by atoms with Crippen molar-refractivity contribution in [3.63, 3.8) is 0 Å². The first-order valence-electron chi connectivity index (χ1n) is 10.9. The van der Waals surface area contributed by atoms with E-state index in [-0.39, 0.29) is 0 Å². The molecule has 164 valence electrons. The SMILES string of the molecule is CCNC(=NCc1ccc(-n2ccnc2C)nc1)NCCN(CC)c1cccc(C)c1. The monoisotopic (exact) mass is 419 g/mol. The molecule has 1 aromatic carbocycles. The van der Waals surface area contributed by atoms with E-state index in [4.69, 9.17) is 4.99 Å². The molecule has 0 atom stereocenters. The van der Waals surface area contributed by atoms with E-state index in [0.29, 0.717) is 6.54 Å². The molecule has 3 rings (SSSR count). The number of imidazole rings is 1. The number of likely N-dealkylation sites (N-methyl/N-ethyl adjacent to an activating group) is 1. The van der Waals surface area contributed by atoms with Crippen LogP contribution in [-0.2, 0) is 6.54 Å². The second-order valence-corrected chi connectivity index (χ2v) is 7.41. The summed E-state index contributed by atoms with van der Waals surface area (Å²) in [6.45, 7) is 12.4. The summed E-state index contributed by atoms with van der Waals surface area (Å²) < 4.78 is 1.96. The second-order valence-electron chi connectivity index (χ2n) is 7.41. The summed E-state index contributed by atoms with van der Waals surface area (Å²) >= 11 is 0. The zero-order valence-electron chi connectivity index (χ0n) is 19.0. The van der Waals surface area contributed by atoms with Crippen LogP contribution in [0.1, 0.15) is 30.8 Å². The predicted octanol–water partition coefficient (Wildman–Crippen LogP) is 3.47. The summed E-state index contributed by atoms with van der Waals surface area (Å²) in [5.41, 5.74) is 3.60. The maximum Gasteiger partial charge on any atom is 0.191 e. The average Bonchev–Trinajstić information content (AvgIpc) is 3.21. The minimum atomic E-state index is 0.570. The maximum atomic E-state index is 4.72. The van der Waals surface area contributed by atoms with Crippen LogP contribution >= 0.6 is 0 Å². The predicted molar refractivity (Wildman–Crippen MR) is 128 cm³/mol. The molecule has 7 nitrogen and oxygen atoms in total. The number of benzene rings is 1. The molecule has 0 aliphatic rings. The van der Waals surface area contributed by atoms with E-state index in [2.05, 4.69) is 76.6 Å². The largest absolute Gasteiger partial charge is 0.370 e. The molecule has 31 heavy (non-hydrogen) atoms. The first-order chi connectivity index (χ1) is 15.1. The van der Waals surface area contributed by atoms with Crippen molar-refractivity contribution in [2.45, 2.75) is 34.2 Å². The quantitative estimate of drug-likeness (QED) is 0.411. The van der Waals surface area contributed by atoms with Crippen LogP contribution in [0.15, 0.2) is 60.0 Å². The van der Waals surface area contributed by atoms with Crippen LogP contribution < -0.4 is 15.5 Å². The Bertz CT molecular complexity index is 976. The molecule has 0 aliphatic carbocycles. The van der Waals surface area contributed by atoms with Crippen molar-refractivity contribution in [1.82, 2.24) is 25.2 Å². The molecule has 0 spiro atoms. The second kappa shape index (κ2) is 11.2. The van der Waals surface area contributed by atoms with Crippen molar-refractivity contribution < 1.29 is 0 Å². The molecule has 2 aromatic heterocycles. The third-order valence-electron chi connectivity index (χ3n) is 5.07. The number of aryl methyl sites for hydroxylation is 2. The van der Waals surface area contributed by atoms with Gasteiger partial charge in [0.05, 0.1) is 6.54 Å². The average molecular weight is 420 g/mol. The van der Waals surface area contributed by atoms with Gasteiger partial charge in [0.25, 0.3) is 0 Å². The molecule has 0 unspecified atom stereocenters. The Morgan fingerprint density at radius 1 is 1.10 bits per heavy atom. The fourth-order valence-corrected chi connectivity index (χ4v) is 3.39. The van der Waals surface area contributed by atoms with Gasteiger partial charge in [-0.3, -0.25) is 4.57 Å². The molecular weight excluding hydrogens is 386 g/mol. The van der Waals surface area contributed by atoms with Gasteiger partial charge in [-0.2, -0.15) is 0 Å². The highest BCUT2D eigenvalue weighted by molar-refractivity contribution is 5.79. The summed E-state index contributed by atoms with van der Waals surface area (Å²) in [6.07, 6.45) is 5.57. The van der Waals surface area contributed by atoms with Crippen molar-refractivity contribution in [2.75, 3.05) is 31.1 Å². The topological polar surface area (TPSA) is 70.4 Å². The van der Waals surface area contributed by atoms with Gasteiger partial charge < -0.3 is 15.5 Å². The number of nitrogens with one attached hydrogen (secondary N) is 2. The van der Waals surface area contributed by atoms with Crippen molar-refractivity contribution in [3.05, 3.63) is 71.9 Å². The lowest BCUT2D eigenvalue weighted by Crippen LogP contribution is -2.41. The molecule has 0 fully saturated rings. The number of hydrogen-bond donors (Lipinski definition) is 2. The van der Waals surface area contributed by atoms with E-state index in [1.54, 1.807) is 6.20 Å². The molecule has 0 amide bonds. The summed E-state index contributed by atoms with van der Waals surface area (Å²) in [5, 5.41) is 6.77. The van der Waals surface area contributed by atoms with Crippen molar-refractivity contribution in [2.24, 2.45) is 4.99 Å². The lowest BCUT2D eigenvalue weighted by Gasteiger charge is -2.24. The van der Waals surface area contributed by atoms with E-state index in [0.717, 1.165) is 49.3 Å². The Kier molecular flexibility index (Phi) is 8.04. The number of aliphatic imine (C=N–C) groups is 1. The normalized spacial score (nSPS) is 11.4. The van der Waals surface area contributed by atoms with E-state index < -0.39 is 0 Å². The van der Waals surface area contributed by atoms with Gasteiger partial charge in [-0.1, -0.05) is 18.2 Å².